The van der Waals surface area contributed by atoms with Crippen LogP contribution >= 0.6 is 24.0 Å². The number of hydrogen-bond acceptors (Lipinski definition) is 2. The lowest BCUT2D eigenvalue weighted by Gasteiger charge is -2.30. The number of nitrogens with one attached hydrogen (secondary N) is 2. The molecule has 2 heterocycles. The van der Waals surface area contributed by atoms with Gasteiger partial charge in [-0.3, -0.25) is 4.79 Å². The van der Waals surface area contributed by atoms with Crippen LogP contribution in [0.5, 0.6) is 0 Å². The van der Waals surface area contributed by atoms with E-state index in [1.165, 1.54) is 0 Å². The van der Waals surface area contributed by atoms with Gasteiger partial charge in [0.05, 0.1) is 5.02 Å². The van der Waals surface area contributed by atoms with Crippen LogP contribution in [0, 0.1) is 5.92 Å². The summed E-state index contributed by atoms with van der Waals surface area (Å²) in [6.07, 6.45) is 2.83. The molecule has 102 valence electrons. The lowest BCUT2D eigenvalue weighted by molar-refractivity contribution is 0.0907. The number of halogens is 2. The molecule has 1 aromatic rings. The minimum absolute atomic E-state index is 0. The van der Waals surface area contributed by atoms with Gasteiger partial charge in [0.2, 0.25) is 0 Å². The van der Waals surface area contributed by atoms with E-state index in [0.717, 1.165) is 19.5 Å². The van der Waals surface area contributed by atoms with Crippen molar-refractivity contribution in [3.63, 3.8) is 0 Å². The maximum atomic E-state index is 12.1. The van der Waals surface area contributed by atoms with Gasteiger partial charge >= 0.3 is 0 Å². The average Bonchev–Trinajstić information content (AvgIpc) is 2.61. The Hall–Kier alpha value is -0.710. The number of piperidine rings is 1. The summed E-state index contributed by atoms with van der Waals surface area (Å²) in [5.74, 6) is 0.455. The number of hydrogen-bond donors (Lipinski definition) is 2. The topological polar surface area (TPSA) is 46.1 Å². The molecule has 1 saturated heterocycles. The molecule has 6 heteroatoms. The van der Waals surface area contributed by atoms with Crippen LogP contribution in [0.15, 0.2) is 12.3 Å². The molecule has 18 heavy (non-hydrogen) atoms. The number of aryl methyl sites for hydroxylation is 1. The quantitative estimate of drug-likeness (QED) is 0.873. The molecule has 1 aromatic heterocycles. The summed E-state index contributed by atoms with van der Waals surface area (Å²) < 4.78 is 1.75. The van der Waals surface area contributed by atoms with Crippen LogP contribution in [-0.2, 0) is 7.05 Å². The van der Waals surface area contributed by atoms with Crippen LogP contribution in [0.25, 0.3) is 0 Å². The van der Waals surface area contributed by atoms with Gasteiger partial charge < -0.3 is 15.2 Å². The zero-order valence-electron chi connectivity index (χ0n) is 10.6. The van der Waals surface area contributed by atoms with Gasteiger partial charge in [0.1, 0.15) is 5.69 Å². The first-order chi connectivity index (χ1) is 8.08. The fourth-order valence-electron chi connectivity index (χ4n) is 2.18. The second kappa shape index (κ2) is 6.45. The van der Waals surface area contributed by atoms with Crippen molar-refractivity contribution in [3.8, 4) is 0 Å². The highest BCUT2D eigenvalue weighted by Crippen LogP contribution is 2.15. The van der Waals surface area contributed by atoms with E-state index in [2.05, 4.69) is 17.6 Å². The molecule has 1 aliphatic heterocycles. The van der Waals surface area contributed by atoms with Crippen molar-refractivity contribution in [1.82, 2.24) is 15.2 Å². The van der Waals surface area contributed by atoms with Gasteiger partial charge in [-0.05, 0) is 24.9 Å². The van der Waals surface area contributed by atoms with Crippen LogP contribution in [0.1, 0.15) is 23.8 Å². The van der Waals surface area contributed by atoms with Crippen molar-refractivity contribution < 1.29 is 4.79 Å². The summed E-state index contributed by atoms with van der Waals surface area (Å²) in [6.45, 7) is 4.04. The summed E-state index contributed by atoms with van der Waals surface area (Å²) in [4.78, 5) is 12.1. The Balaban J connectivity index is 0.00000162. The molecule has 0 bridgehead atoms. The number of carbonyl (C=O) groups excluding carboxylic acids is 1. The van der Waals surface area contributed by atoms with E-state index in [-0.39, 0.29) is 24.4 Å². The molecule has 2 unspecified atom stereocenters. The predicted octanol–water partition coefficient (Wildman–Crippen LogP) is 1.83. The van der Waals surface area contributed by atoms with Gasteiger partial charge in [0, 0.05) is 25.8 Å². The first-order valence-corrected chi connectivity index (χ1v) is 6.29. The van der Waals surface area contributed by atoms with Crippen molar-refractivity contribution in [2.75, 3.05) is 13.1 Å². The van der Waals surface area contributed by atoms with Crippen LogP contribution in [0.4, 0.5) is 0 Å². The Labute approximate surface area is 118 Å². The summed E-state index contributed by atoms with van der Waals surface area (Å²) in [6, 6.07) is 1.89. The van der Waals surface area contributed by atoms with E-state index in [1.54, 1.807) is 16.8 Å². The van der Waals surface area contributed by atoms with Gasteiger partial charge in [0.25, 0.3) is 5.91 Å². The predicted molar refractivity (Wildman–Crippen MR) is 75.6 cm³/mol. The van der Waals surface area contributed by atoms with E-state index in [0.29, 0.717) is 16.6 Å². The molecule has 0 aromatic carbocycles. The third-order valence-electron chi connectivity index (χ3n) is 3.35. The molecule has 2 N–H and O–H groups in total. The fourth-order valence-corrected chi connectivity index (χ4v) is 2.42. The zero-order valence-corrected chi connectivity index (χ0v) is 12.1. The first-order valence-electron chi connectivity index (χ1n) is 5.91. The van der Waals surface area contributed by atoms with Crippen LogP contribution in [0.2, 0.25) is 5.02 Å². The highest BCUT2D eigenvalue weighted by molar-refractivity contribution is 6.31. The third-order valence-corrected chi connectivity index (χ3v) is 3.55. The number of rotatable bonds is 2. The maximum Gasteiger partial charge on any atom is 0.268 e. The van der Waals surface area contributed by atoms with Gasteiger partial charge in [-0.25, -0.2) is 0 Å². The first kappa shape index (κ1) is 15.3. The highest BCUT2D eigenvalue weighted by Gasteiger charge is 2.23. The van der Waals surface area contributed by atoms with E-state index in [1.807, 2.05) is 7.05 Å². The number of amides is 1. The van der Waals surface area contributed by atoms with Gasteiger partial charge in [-0.1, -0.05) is 18.5 Å². The molecule has 0 aliphatic carbocycles. The van der Waals surface area contributed by atoms with Crippen molar-refractivity contribution in [1.29, 1.82) is 0 Å². The van der Waals surface area contributed by atoms with Crippen LogP contribution in [0.3, 0.4) is 0 Å². The summed E-state index contributed by atoms with van der Waals surface area (Å²) >= 11 is 5.87. The molecule has 1 aliphatic rings. The summed E-state index contributed by atoms with van der Waals surface area (Å²) in [7, 11) is 1.82. The molecular formula is C12H19Cl2N3O. The highest BCUT2D eigenvalue weighted by atomic mass is 35.5. The molecule has 1 amide bonds. The van der Waals surface area contributed by atoms with Crippen LogP contribution in [-0.4, -0.2) is 29.6 Å². The van der Waals surface area contributed by atoms with Crippen molar-refractivity contribution in [2.45, 2.75) is 19.4 Å². The smallest absolute Gasteiger partial charge is 0.268 e. The number of carbonyl (C=O) groups is 1. The Kier molecular flexibility index (Phi) is 5.50. The zero-order chi connectivity index (χ0) is 12.4. The van der Waals surface area contributed by atoms with E-state index in [9.17, 15) is 4.79 Å². The normalized spacial score (nSPS) is 23.3. The lowest BCUT2D eigenvalue weighted by atomic mass is 9.95. The largest absolute Gasteiger partial charge is 0.346 e. The summed E-state index contributed by atoms with van der Waals surface area (Å²) in [5.41, 5.74) is 0.604. The molecule has 2 atom stereocenters. The second-order valence-corrected chi connectivity index (χ2v) is 5.14. The minimum atomic E-state index is -0.0556. The summed E-state index contributed by atoms with van der Waals surface area (Å²) in [5, 5.41) is 6.94. The van der Waals surface area contributed by atoms with E-state index < -0.39 is 0 Å². The molecule has 4 nitrogen and oxygen atoms in total. The van der Waals surface area contributed by atoms with Gasteiger partial charge in [-0.15, -0.1) is 12.4 Å². The standard InChI is InChI=1S/C12H18ClN3O.ClH/c1-8-3-4-14-6-10(8)15-12(17)11-5-9(13)7-16(11)2;/h5,7-8,10,14H,3-4,6H2,1-2H3,(H,15,17);1H. The Morgan fingerprint density at radius 1 is 1.61 bits per heavy atom. The third kappa shape index (κ3) is 3.40. The number of aromatic nitrogens is 1. The second-order valence-electron chi connectivity index (χ2n) is 4.70. The number of nitrogens with zero attached hydrogens (tertiary/aromatic N) is 1. The molecule has 0 saturated carbocycles. The molecule has 0 spiro atoms. The van der Waals surface area contributed by atoms with Gasteiger partial charge in [-0.2, -0.15) is 0 Å². The van der Waals surface area contributed by atoms with Crippen molar-refractivity contribution >= 4 is 29.9 Å². The molecule has 1 fully saturated rings. The maximum absolute atomic E-state index is 12.1. The Morgan fingerprint density at radius 3 is 2.89 bits per heavy atom. The fraction of sp³-hybridized carbons (Fsp3) is 0.583. The van der Waals surface area contributed by atoms with Crippen molar-refractivity contribution in [3.05, 3.63) is 23.0 Å². The van der Waals surface area contributed by atoms with Crippen LogP contribution < -0.4 is 10.6 Å². The molecular weight excluding hydrogens is 273 g/mol. The SMILES string of the molecule is CC1CCNCC1NC(=O)c1cc(Cl)cn1C.Cl. The average molecular weight is 292 g/mol. The minimum Gasteiger partial charge on any atom is -0.346 e. The molecule has 0 radical (unpaired) electrons. The Bertz CT molecular complexity index is 419. The Morgan fingerprint density at radius 2 is 2.33 bits per heavy atom. The monoisotopic (exact) mass is 291 g/mol. The van der Waals surface area contributed by atoms with Crippen molar-refractivity contribution in [2.24, 2.45) is 13.0 Å². The van der Waals surface area contributed by atoms with E-state index >= 15 is 0 Å². The van der Waals surface area contributed by atoms with E-state index in [4.69, 9.17) is 11.6 Å². The molecule has 2 rings (SSSR count). The van der Waals surface area contributed by atoms with Gasteiger partial charge in [0.15, 0.2) is 0 Å². The lowest BCUT2D eigenvalue weighted by Crippen LogP contribution is -2.50.